The van der Waals surface area contributed by atoms with Gasteiger partial charge in [0.05, 0.1) is 17.8 Å². The van der Waals surface area contributed by atoms with Crippen LogP contribution in [0.3, 0.4) is 0 Å². The zero-order valence-corrected chi connectivity index (χ0v) is 23.1. The third-order valence-corrected chi connectivity index (χ3v) is 7.80. The van der Waals surface area contributed by atoms with Gasteiger partial charge in [-0.2, -0.15) is 26.3 Å². The number of aryl methyl sites for hydroxylation is 1. The van der Waals surface area contributed by atoms with Crippen molar-refractivity contribution < 1.29 is 35.9 Å². The standard InChI is InChI=1S/C29H30F6N5O3/c1-18-4-2-3-5-22(18)25-14-26(39-8-6-38(17-41)7-9-39)43-27-23(15-36-16-37-27)24(40(25)42)12-19-10-20(28(30,31)32)13-21(11-19)29(33,34)35/h2-5,10-11,13-14,17,24,26,36-37H,6-9,12,15-16H2,1H3/q-1/b25-14-. The first-order valence-corrected chi connectivity index (χ1v) is 13.7. The van der Waals surface area contributed by atoms with Crippen molar-refractivity contribution in [2.24, 2.45) is 0 Å². The number of nitrogens with zero attached hydrogens (tertiary/aromatic N) is 3. The molecule has 2 unspecified atom stereocenters. The number of alkyl halides is 6. The summed E-state index contributed by atoms with van der Waals surface area (Å²) in [4.78, 5) is 14.8. The molecule has 1 fully saturated rings. The average molecular weight is 611 g/mol. The molecule has 0 aliphatic carbocycles. The maximum Gasteiger partial charge on any atom is 0.416 e. The quantitative estimate of drug-likeness (QED) is 0.387. The molecule has 0 spiro atoms. The van der Waals surface area contributed by atoms with E-state index in [0.717, 1.165) is 12.0 Å². The van der Waals surface area contributed by atoms with Gasteiger partial charge in [0.25, 0.3) is 0 Å². The first kappa shape index (κ1) is 30.7. The predicted molar refractivity (Wildman–Crippen MR) is 145 cm³/mol. The summed E-state index contributed by atoms with van der Waals surface area (Å²) in [6.07, 6.45) is -8.86. The Balaban J connectivity index is 1.61. The summed E-state index contributed by atoms with van der Waals surface area (Å²) >= 11 is 0. The maximum absolute atomic E-state index is 14.4. The molecule has 0 saturated carbocycles. The highest BCUT2D eigenvalue weighted by Gasteiger charge is 2.38. The molecule has 8 nitrogen and oxygen atoms in total. The molecule has 5 rings (SSSR count). The Morgan fingerprint density at radius 1 is 1.00 bits per heavy atom. The summed E-state index contributed by atoms with van der Waals surface area (Å²) in [6, 6.07) is 7.22. The fraction of sp³-hybridized carbons (Fsp3) is 0.414. The van der Waals surface area contributed by atoms with Gasteiger partial charge >= 0.3 is 12.4 Å². The zero-order chi connectivity index (χ0) is 30.9. The first-order chi connectivity index (χ1) is 20.3. The van der Waals surface area contributed by atoms with Gasteiger partial charge in [-0.3, -0.25) is 15.0 Å². The number of hydrogen-bond acceptors (Lipinski definition) is 7. The number of amides is 1. The second-order valence-electron chi connectivity index (χ2n) is 10.6. The van der Waals surface area contributed by atoms with Crippen molar-refractivity contribution in [3.05, 3.63) is 93.0 Å². The largest absolute Gasteiger partial charge is 0.758 e. The lowest BCUT2D eigenvalue weighted by molar-refractivity contribution is -0.143. The summed E-state index contributed by atoms with van der Waals surface area (Å²) in [5.41, 5.74) is -1.37. The van der Waals surface area contributed by atoms with Gasteiger partial charge < -0.3 is 25.2 Å². The molecule has 0 radical (unpaired) electrons. The third kappa shape index (κ3) is 6.76. The fourth-order valence-corrected chi connectivity index (χ4v) is 5.51. The zero-order valence-electron chi connectivity index (χ0n) is 23.1. The molecule has 43 heavy (non-hydrogen) atoms. The number of carbonyl (C=O) groups is 1. The molecule has 2 aromatic rings. The molecular formula is C29H30F6N5O3-. The Kier molecular flexibility index (Phi) is 8.63. The normalized spacial score (nSPS) is 23.4. The van der Waals surface area contributed by atoms with E-state index in [1.54, 1.807) is 42.2 Å². The Bertz CT molecular complexity index is 1370. The average Bonchev–Trinajstić information content (AvgIpc) is 2.97. The minimum Gasteiger partial charge on any atom is -0.758 e. The molecule has 2 aromatic carbocycles. The van der Waals surface area contributed by atoms with Crippen LogP contribution in [0.1, 0.15) is 27.8 Å². The summed E-state index contributed by atoms with van der Waals surface area (Å²) in [7, 11) is 0. The smallest absolute Gasteiger partial charge is 0.416 e. The van der Waals surface area contributed by atoms with Crippen LogP contribution in [0.25, 0.3) is 5.70 Å². The van der Waals surface area contributed by atoms with E-state index >= 15 is 0 Å². The summed E-state index contributed by atoms with van der Waals surface area (Å²) < 4.78 is 88.3. The lowest BCUT2D eigenvalue weighted by Crippen LogP contribution is -2.53. The van der Waals surface area contributed by atoms with Crippen molar-refractivity contribution in [3.63, 3.8) is 0 Å². The summed E-state index contributed by atoms with van der Waals surface area (Å²) in [6.45, 7) is 3.98. The molecule has 3 heterocycles. The lowest BCUT2D eigenvalue weighted by Gasteiger charge is -2.47. The molecule has 1 amide bonds. The molecule has 2 atom stereocenters. The van der Waals surface area contributed by atoms with Crippen LogP contribution >= 0.6 is 0 Å². The fourth-order valence-electron chi connectivity index (χ4n) is 5.51. The Labute approximate surface area is 244 Å². The number of piperazine rings is 1. The van der Waals surface area contributed by atoms with Crippen molar-refractivity contribution in [3.8, 4) is 0 Å². The van der Waals surface area contributed by atoms with E-state index in [-0.39, 0.29) is 36.4 Å². The van der Waals surface area contributed by atoms with Crippen molar-refractivity contribution in [1.82, 2.24) is 25.5 Å². The van der Waals surface area contributed by atoms with Crippen molar-refractivity contribution >= 4 is 12.1 Å². The SMILES string of the molecule is Cc1ccccc1/C1=C/C(N2CCN(C=O)CC2)OC2=C(CNCN2)C(Cc2cc(C(F)(F)F)cc(C(F)(F)F)c2)N1[O-]. The van der Waals surface area contributed by atoms with Gasteiger partial charge in [-0.15, -0.1) is 0 Å². The van der Waals surface area contributed by atoms with Crippen molar-refractivity contribution in [2.45, 2.75) is 38.0 Å². The van der Waals surface area contributed by atoms with E-state index in [1.165, 1.54) is 0 Å². The maximum atomic E-state index is 14.4. The number of ether oxygens (including phenoxy) is 1. The molecule has 1 saturated heterocycles. The molecule has 3 aliphatic heterocycles. The Hall–Kier alpha value is -3.75. The highest BCUT2D eigenvalue weighted by atomic mass is 19.4. The highest BCUT2D eigenvalue weighted by Crippen LogP contribution is 2.38. The second-order valence-corrected chi connectivity index (χ2v) is 10.6. The van der Waals surface area contributed by atoms with Crippen LogP contribution in [-0.4, -0.2) is 72.9 Å². The van der Waals surface area contributed by atoms with Gasteiger partial charge in [0, 0.05) is 50.0 Å². The summed E-state index contributed by atoms with van der Waals surface area (Å²) in [5.74, 6) is 0.232. The van der Waals surface area contributed by atoms with Crippen LogP contribution in [0.4, 0.5) is 26.3 Å². The molecule has 0 bridgehead atoms. The number of nitrogens with one attached hydrogen (secondary N) is 2. The van der Waals surface area contributed by atoms with Gasteiger partial charge in [-0.25, -0.2) is 0 Å². The van der Waals surface area contributed by atoms with Gasteiger partial charge in [-0.05, 0) is 54.3 Å². The highest BCUT2D eigenvalue weighted by molar-refractivity contribution is 5.68. The lowest BCUT2D eigenvalue weighted by atomic mass is 9.93. The van der Waals surface area contributed by atoms with Crippen LogP contribution in [0.15, 0.2) is 60.0 Å². The van der Waals surface area contributed by atoms with E-state index in [2.05, 4.69) is 10.6 Å². The number of carbonyl (C=O) groups excluding carboxylic acids is 1. The molecular weight excluding hydrogens is 580 g/mol. The van der Waals surface area contributed by atoms with Gasteiger partial charge in [0.15, 0.2) is 12.1 Å². The number of hydroxylamine groups is 2. The van der Waals surface area contributed by atoms with E-state index < -0.39 is 42.2 Å². The molecule has 232 valence electrons. The van der Waals surface area contributed by atoms with Gasteiger partial charge in [0.2, 0.25) is 6.41 Å². The van der Waals surface area contributed by atoms with Crippen molar-refractivity contribution in [1.29, 1.82) is 0 Å². The van der Waals surface area contributed by atoms with E-state index in [4.69, 9.17) is 4.74 Å². The van der Waals surface area contributed by atoms with Crippen LogP contribution in [0.2, 0.25) is 0 Å². The molecule has 3 aliphatic rings. The van der Waals surface area contributed by atoms with Crippen LogP contribution in [0, 0.1) is 12.1 Å². The molecule has 14 heteroatoms. The van der Waals surface area contributed by atoms with Gasteiger partial charge in [0.1, 0.15) is 0 Å². The topological polar surface area (TPSA) is 83.1 Å². The van der Waals surface area contributed by atoms with Crippen LogP contribution in [-0.2, 0) is 28.3 Å². The Morgan fingerprint density at radius 2 is 1.65 bits per heavy atom. The van der Waals surface area contributed by atoms with E-state index in [0.29, 0.717) is 54.5 Å². The number of hydrogen-bond donors (Lipinski definition) is 2. The Morgan fingerprint density at radius 3 is 2.26 bits per heavy atom. The minimum absolute atomic E-state index is 0.0712. The van der Waals surface area contributed by atoms with Crippen molar-refractivity contribution in [2.75, 3.05) is 39.4 Å². The second kappa shape index (κ2) is 12.1. The van der Waals surface area contributed by atoms with E-state index in [1.807, 2.05) is 4.90 Å². The monoisotopic (exact) mass is 610 g/mol. The number of benzene rings is 2. The van der Waals surface area contributed by atoms with E-state index in [9.17, 15) is 36.3 Å². The van der Waals surface area contributed by atoms with Crippen LogP contribution < -0.4 is 10.6 Å². The summed E-state index contributed by atoms with van der Waals surface area (Å²) in [5, 5.41) is 21.2. The van der Waals surface area contributed by atoms with Gasteiger partial charge in [-0.1, -0.05) is 24.3 Å². The molecule has 2 N–H and O–H groups in total. The first-order valence-electron chi connectivity index (χ1n) is 13.7. The number of rotatable bonds is 5. The minimum atomic E-state index is -5.02. The number of halogens is 6. The molecule has 0 aromatic heterocycles. The third-order valence-electron chi connectivity index (χ3n) is 7.80. The predicted octanol–water partition coefficient (Wildman–Crippen LogP) is 4.28. The van der Waals surface area contributed by atoms with Crippen LogP contribution in [0.5, 0.6) is 0 Å².